The molecule has 0 aliphatic heterocycles. The zero-order valence-corrected chi connectivity index (χ0v) is 19.6. The molecule has 0 saturated heterocycles. The van der Waals surface area contributed by atoms with Gasteiger partial charge >= 0.3 is 12.1 Å². The predicted octanol–water partition coefficient (Wildman–Crippen LogP) is 7.16. The van der Waals surface area contributed by atoms with E-state index >= 15 is 0 Å². The number of ether oxygens (including phenoxy) is 1. The fraction of sp³-hybridized carbons (Fsp3) is 0.231. The SMILES string of the molecule is CC(C)[C@](C#N)(C(=O)O)N(Cc1cccc(Oc2ccccc2)c1)c1ccc(C(F)(F)F)c(Cl)c1. The Balaban J connectivity index is 2.08. The monoisotopic (exact) mass is 502 g/mol. The van der Waals surface area contributed by atoms with E-state index in [0.29, 0.717) is 17.1 Å². The molecule has 0 amide bonds. The first kappa shape index (κ1) is 25.9. The molecule has 0 aliphatic rings. The lowest BCUT2D eigenvalue weighted by Gasteiger charge is -2.40. The molecule has 1 atom stereocenters. The molecular weight excluding hydrogens is 481 g/mol. The first-order valence-corrected chi connectivity index (χ1v) is 11.0. The fourth-order valence-electron chi connectivity index (χ4n) is 3.75. The van der Waals surface area contributed by atoms with Crippen LogP contribution in [0, 0.1) is 17.2 Å². The standard InChI is InChI=1S/C26H22ClF3N2O3/c1-17(2)25(16-31,24(33)34)32(19-11-12-22(23(27)14-19)26(28,29)30)15-18-7-6-10-21(13-18)35-20-8-4-3-5-9-20/h3-14,17H,15H2,1-2H3,(H,33,34)/t25-/m1/s1. The van der Waals surface area contributed by atoms with E-state index in [2.05, 4.69) is 0 Å². The number of carbonyl (C=O) groups is 1. The van der Waals surface area contributed by atoms with Gasteiger partial charge in [-0.05, 0) is 48.0 Å². The molecule has 0 saturated carbocycles. The van der Waals surface area contributed by atoms with Gasteiger partial charge in [0.05, 0.1) is 10.6 Å². The maximum atomic E-state index is 13.2. The van der Waals surface area contributed by atoms with Crippen molar-refractivity contribution < 1.29 is 27.8 Å². The average molecular weight is 503 g/mol. The summed E-state index contributed by atoms with van der Waals surface area (Å²) in [5.74, 6) is -1.09. The third kappa shape index (κ3) is 5.52. The molecule has 0 fully saturated rings. The van der Waals surface area contributed by atoms with E-state index in [4.69, 9.17) is 16.3 Å². The molecule has 182 valence electrons. The number of halogens is 4. The lowest BCUT2D eigenvalue weighted by atomic mass is 9.84. The van der Waals surface area contributed by atoms with Crippen LogP contribution < -0.4 is 9.64 Å². The molecule has 0 unspecified atom stereocenters. The van der Waals surface area contributed by atoms with Crippen molar-refractivity contribution in [1.82, 2.24) is 0 Å². The van der Waals surface area contributed by atoms with Crippen LogP contribution in [0.5, 0.6) is 11.5 Å². The van der Waals surface area contributed by atoms with Gasteiger partial charge in [0, 0.05) is 18.2 Å². The Hall–Kier alpha value is -3.70. The van der Waals surface area contributed by atoms with E-state index in [9.17, 15) is 28.3 Å². The van der Waals surface area contributed by atoms with Gasteiger partial charge < -0.3 is 14.7 Å². The van der Waals surface area contributed by atoms with Crippen LogP contribution in [0.1, 0.15) is 25.0 Å². The number of rotatable bonds is 8. The van der Waals surface area contributed by atoms with Crippen molar-refractivity contribution in [2.45, 2.75) is 32.1 Å². The van der Waals surface area contributed by atoms with Crippen LogP contribution in [-0.2, 0) is 17.5 Å². The zero-order chi connectivity index (χ0) is 25.8. The number of nitrogens with zero attached hydrogens (tertiary/aromatic N) is 2. The third-order valence-electron chi connectivity index (χ3n) is 5.55. The molecule has 0 aliphatic carbocycles. The van der Waals surface area contributed by atoms with Crippen LogP contribution in [0.3, 0.4) is 0 Å². The lowest BCUT2D eigenvalue weighted by molar-refractivity contribution is -0.143. The van der Waals surface area contributed by atoms with Gasteiger partial charge in [0.25, 0.3) is 0 Å². The second-order valence-corrected chi connectivity index (χ2v) is 8.56. The third-order valence-corrected chi connectivity index (χ3v) is 5.86. The first-order chi connectivity index (χ1) is 16.5. The minimum atomic E-state index is -4.68. The number of carboxylic acid groups (broad SMARTS) is 1. The molecule has 0 heterocycles. The number of para-hydroxylation sites is 1. The summed E-state index contributed by atoms with van der Waals surface area (Å²) in [4.78, 5) is 13.7. The van der Waals surface area contributed by atoms with Gasteiger partial charge in [-0.3, -0.25) is 0 Å². The topological polar surface area (TPSA) is 73.6 Å². The van der Waals surface area contributed by atoms with Crippen molar-refractivity contribution in [2.24, 2.45) is 5.92 Å². The Labute approximate surface area is 205 Å². The molecule has 0 radical (unpaired) electrons. The molecule has 3 aromatic rings. The summed E-state index contributed by atoms with van der Waals surface area (Å²) < 4.78 is 45.6. The zero-order valence-electron chi connectivity index (χ0n) is 18.9. The van der Waals surface area contributed by atoms with Gasteiger partial charge in [-0.15, -0.1) is 0 Å². The highest BCUT2D eigenvalue weighted by molar-refractivity contribution is 6.31. The number of hydrogen-bond acceptors (Lipinski definition) is 4. The maximum absolute atomic E-state index is 13.2. The smallest absolute Gasteiger partial charge is 0.417 e. The summed E-state index contributed by atoms with van der Waals surface area (Å²) in [5.41, 5.74) is -2.49. The van der Waals surface area contributed by atoms with Crippen LogP contribution in [-0.4, -0.2) is 16.6 Å². The number of aliphatic carboxylic acids is 1. The number of carboxylic acids is 1. The molecule has 3 aromatic carbocycles. The van der Waals surface area contributed by atoms with Crippen molar-refractivity contribution in [2.75, 3.05) is 4.90 Å². The molecule has 9 heteroatoms. The van der Waals surface area contributed by atoms with Gasteiger partial charge in [0.1, 0.15) is 17.6 Å². The normalized spacial score (nSPS) is 13.1. The molecule has 0 bridgehead atoms. The van der Waals surface area contributed by atoms with Crippen molar-refractivity contribution in [3.05, 3.63) is 88.9 Å². The average Bonchev–Trinajstić information content (AvgIpc) is 2.79. The van der Waals surface area contributed by atoms with Crippen molar-refractivity contribution in [1.29, 1.82) is 5.26 Å². The Bertz CT molecular complexity index is 1240. The number of alkyl halides is 3. The summed E-state index contributed by atoms with van der Waals surface area (Å²) in [7, 11) is 0. The van der Waals surface area contributed by atoms with Gasteiger partial charge in [-0.2, -0.15) is 18.4 Å². The number of hydrogen-bond donors (Lipinski definition) is 1. The minimum absolute atomic E-state index is 0.0648. The molecular formula is C26H22ClF3N2O3. The molecule has 5 nitrogen and oxygen atoms in total. The summed E-state index contributed by atoms with van der Waals surface area (Å²) in [5, 5.41) is 19.5. The number of nitriles is 1. The van der Waals surface area contributed by atoms with E-state index < -0.39 is 34.2 Å². The second kappa shape index (κ2) is 10.3. The second-order valence-electron chi connectivity index (χ2n) is 8.15. The highest BCUT2D eigenvalue weighted by atomic mass is 35.5. The van der Waals surface area contributed by atoms with Crippen molar-refractivity contribution >= 4 is 23.3 Å². The van der Waals surface area contributed by atoms with E-state index in [-0.39, 0.29) is 12.2 Å². The lowest BCUT2D eigenvalue weighted by Crippen LogP contribution is -2.57. The van der Waals surface area contributed by atoms with Gasteiger partial charge in [-0.1, -0.05) is 55.8 Å². The first-order valence-electron chi connectivity index (χ1n) is 10.6. The quantitative estimate of drug-likeness (QED) is 0.354. The molecule has 0 aromatic heterocycles. The van der Waals surface area contributed by atoms with Gasteiger partial charge in [0.2, 0.25) is 5.54 Å². The van der Waals surface area contributed by atoms with Crippen LogP contribution >= 0.6 is 11.6 Å². The van der Waals surface area contributed by atoms with E-state index in [1.165, 1.54) is 4.90 Å². The number of anilines is 1. The van der Waals surface area contributed by atoms with E-state index in [1.807, 2.05) is 24.3 Å². The van der Waals surface area contributed by atoms with E-state index in [1.54, 1.807) is 50.2 Å². The fourth-order valence-corrected chi connectivity index (χ4v) is 4.03. The summed E-state index contributed by atoms with van der Waals surface area (Å²) in [6, 6.07) is 20.6. The van der Waals surface area contributed by atoms with Crippen LogP contribution in [0.25, 0.3) is 0 Å². The van der Waals surface area contributed by atoms with Crippen molar-refractivity contribution in [3.8, 4) is 17.6 Å². The Morgan fingerprint density at radius 2 is 1.71 bits per heavy atom. The summed E-state index contributed by atoms with van der Waals surface area (Å²) >= 11 is 5.93. The Kier molecular flexibility index (Phi) is 7.61. The highest BCUT2D eigenvalue weighted by Crippen LogP contribution is 2.39. The maximum Gasteiger partial charge on any atom is 0.417 e. The summed E-state index contributed by atoms with van der Waals surface area (Å²) in [6.07, 6.45) is -4.68. The van der Waals surface area contributed by atoms with E-state index in [0.717, 1.165) is 18.2 Å². The van der Waals surface area contributed by atoms with Crippen LogP contribution in [0.4, 0.5) is 18.9 Å². The molecule has 35 heavy (non-hydrogen) atoms. The molecule has 3 rings (SSSR count). The van der Waals surface area contributed by atoms with Crippen LogP contribution in [0.2, 0.25) is 5.02 Å². The number of benzene rings is 3. The minimum Gasteiger partial charge on any atom is -0.479 e. The van der Waals surface area contributed by atoms with Gasteiger partial charge in [0.15, 0.2) is 0 Å². The largest absolute Gasteiger partial charge is 0.479 e. The van der Waals surface area contributed by atoms with Gasteiger partial charge in [-0.25, -0.2) is 4.79 Å². The molecule has 1 N–H and O–H groups in total. The van der Waals surface area contributed by atoms with Crippen LogP contribution in [0.15, 0.2) is 72.8 Å². The highest BCUT2D eigenvalue weighted by Gasteiger charge is 2.48. The molecule has 0 spiro atoms. The Morgan fingerprint density at radius 3 is 2.26 bits per heavy atom. The summed E-state index contributed by atoms with van der Waals surface area (Å²) in [6.45, 7) is 3.02. The predicted molar refractivity (Wildman–Crippen MR) is 126 cm³/mol. The van der Waals surface area contributed by atoms with Crippen molar-refractivity contribution in [3.63, 3.8) is 0 Å². The Morgan fingerprint density at radius 1 is 1.06 bits per heavy atom.